The summed E-state index contributed by atoms with van der Waals surface area (Å²) in [5, 5.41) is 6.06. The molecule has 108 valence electrons. The Morgan fingerprint density at radius 3 is 2.58 bits per heavy atom. The molecule has 2 amide bonds. The number of amides is 2. The Bertz CT molecular complexity index is 349. The van der Waals surface area contributed by atoms with Gasteiger partial charge in [-0.2, -0.15) is 0 Å². The Labute approximate surface area is 115 Å². The van der Waals surface area contributed by atoms with Crippen LogP contribution in [0, 0.1) is 5.41 Å². The lowest BCUT2D eigenvalue weighted by molar-refractivity contribution is -0.133. The van der Waals surface area contributed by atoms with Crippen molar-refractivity contribution in [1.82, 2.24) is 15.5 Å². The van der Waals surface area contributed by atoms with E-state index in [4.69, 9.17) is 0 Å². The van der Waals surface area contributed by atoms with Crippen LogP contribution in [0.4, 0.5) is 0 Å². The van der Waals surface area contributed by atoms with Crippen LogP contribution in [0.1, 0.15) is 39.5 Å². The lowest BCUT2D eigenvalue weighted by Gasteiger charge is -2.38. The number of hydrogen-bond acceptors (Lipinski definition) is 3. The zero-order valence-electron chi connectivity index (χ0n) is 12.0. The molecule has 19 heavy (non-hydrogen) atoms. The summed E-state index contributed by atoms with van der Waals surface area (Å²) in [7, 11) is 0. The number of hydrogen-bond donors (Lipinski definition) is 2. The van der Waals surface area contributed by atoms with Gasteiger partial charge in [0, 0.05) is 13.1 Å². The number of carbonyl (C=O) groups excluding carboxylic acids is 2. The number of rotatable bonds is 3. The first-order valence-electron chi connectivity index (χ1n) is 7.29. The van der Waals surface area contributed by atoms with Crippen LogP contribution in [0.15, 0.2) is 0 Å². The zero-order chi connectivity index (χ0) is 13.9. The number of likely N-dealkylation sites (tertiary alicyclic amines) is 1. The third kappa shape index (κ3) is 3.47. The number of piperidine rings is 1. The van der Waals surface area contributed by atoms with Gasteiger partial charge in [-0.05, 0) is 37.6 Å². The second kappa shape index (κ2) is 5.90. The van der Waals surface area contributed by atoms with Crippen LogP contribution >= 0.6 is 0 Å². The highest BCUT2D eigenvalue weighted by Crippen LogP contribution is 2.30. The van der Waals surface area contributed by atoms with Crippen molar-refractivity contribution in [3.8, 4) is 0 Å². The average Bonchev–Trinajstić information content (AvgIpc) is 2.89. The van der Waals surface area contributed by atoms with Crippen molar-refractivity contribution in [2.75, 3.05) is 26.2 Å². The summed E-state index contributed by atoms with van der Waals surface area (Å²) in [6.45, 7) is 6.88. The fraction of sp³-hybridized carbons (Fsp3) is 0.857. The number of nitrogens with zero attached hydrogens (tertiary/aromatic N) is 1. The van der Waals surface area contributed by atoms with E-state index in [1.807, 2.05) is 4.90 Å². The quantitative estimate of drug-likeness (QED) is 0.783. The summed E-state index contributed by atoms with van der Waals surface area (Å²) < 4.78 is 0. The molecule has 2 aliphatic heterocycles. The van der Waals surface area contributed by atoms with Gasteiger partial charge in [-0.3, -0.25) is 9.59 Å². The van der Waals surface area contributed by atoms with Gasteiger partial charge in [0.05, 0.1) is 12.6 Å². The van der Waals surface area contributed by atoms with E-state index in [0.29, 0.717) is 0 Å². The molecule has 1 unspecified atom stereocenters. The first-order valence-corrected chi connectivity index (χ1v) is 7.29. The third-order valence-electron chi connectivity index (χ3n) is 4.26. The standard InChI is InChI=1S/C14H25N3O2/c1-14(2)6-5-7-15-12(14)13(19)16-10-11(18)17-8-3-4-9-17/h12,15H,3-10H2,1-2H3,(H,16,19). The fourth-order valence-corrected chi connectivity index (χ4v) is 3.00. The van der Waals surface area contributed by atoms with E-state index in [1.165, 1.54) is 0 Å². The van der Waals surface area contributed by atoms with E-state index in [-0.39, 0.29) is 29.8 Å². The minimum atomic E-state index is -0.187. The van der Waals surface area contributed by atoms with Crippen LogP contribution < -0.4 is 10.6 Å². The molecule has 0 aromatic rings. The summed E-state index contributed by atoms with van der Waals surface area (Å²) in [5.41, 5.74) is -0.0426. The Hall–Kier alpha value is -1.10. The molecule has 0 saturated carbocycles. The van der Waals surface area contributed by atoms with Crippen molar-refractivity contribution in [2.45, 2.75) is 45.6 Å². The van der Waals surface area contributed by atoms with Crippen LogP contribution in [-0.4, -0.2) is 48.9 Å². The first-order chi connectivity index (χ1) is 9.00. The van der Waals surface area contributed by atoms with Gasteiger partial charge in [-0.25, -0.2) is 0 Å². The van der Waals surface area contributed by atoms with Crippen molar-refractivity contribution >= 4 is 11.8 Å². The predicted octanol–water partition coefficient (Wildman–Crippen LogP) is 0.503. The maximum atomic E-state index is 12.2. The minimum absolute atomic E-state index is 0.0412. The van der Waals surface area contributed by atoms with E-state index in [9.17, 15) is 9.59 Å². The van der Waals surface area contributed by atoms with E-state index in [0.717, 1.165) is 45.3 Å². The molecule has 1 atom stereocenters. The molecule has 2 rings (SSSR count). The molecule has 0 radical (unpaired) electrons. The van der Waals surface area contributed by atoms with Crippen LogP contribution in [0.2, 0.25) is 0 Å². The van der Waals surface area contributed by atoms with Crippen LogP contribution in [0.5, 0.6) is 0 Å². The summed E-state index contributed by atoms with van der Waals surface area (Å²) in [6.07, 6.45) is 4.30. The van der Waals surface area contributed by atoms with E-state index >= 15 is 0 Å². The fourth-order valence-electron chi connectivity index (χ4n) is 3.00. The monoisotopic (exact) mass is 267 g/mol. The number of carbonyl (C=O) groups is 2. The SMILES string of the molecule is CC1(C)CCCNC1C(=O)NCC(=O)N1CCCC1. The van der Waals surface area contributed by atoms with Gasteiger partial charge in [0.25, 0.3) is 0 Å². The smallest absolute Gasteiger partial charge is 0.241 e. The lowest BCUT2D eigenvalue weighted by atomic mass is 9.77. The normalized spacial score (nSPS) is 26.2. The summed E-state index contributed by atoms with van der Waals surface area (Å²) >= 11 is 0. The molecule has 0 aliphatic carbocycles. The average molecular weight is 267 g/mol. The predicted molar refractivity (Wildman–Crippen MR) is 73.6 cm³/mol. The van der Waals surface area contributed by atoms with Crippen LogP contribution in [-0.2, 0) is 9.59 Å². The van der Waals surface area contributed by atoms with Crippen molar-refractivity contribution in [3.63, 3.8) is 0 Å². The molecule has 2 N–H and O–H groups in total. The van der Waals surface area contributed by atoms with Crippen molar-refractivity contribution in [1.29, 1.82) is 0 Å². The molecule has 0 aromatic heterocycles. The highest BCUT2D eigenvalue weighted by atomic mass is 16.2. The van der Waals surface area contributed by atoms with E-state index in [2.05, 4.69) is 24.5 Å². The highest BCUT2D eigenvalue weighted by molar-refractivity contribution is 5.88. The van der Waals surface area contributed by atoms with E-state index < -0.39 is 0 Å². The van der Waals surface area contributed by atoms with Crippen LogP contribution in [0.3, 0.4) is 0 Å². The third-order valence-corrected chi connectivity index (χ3v) is 4.26. The molecular formula is C14H25N3O2. The van der Waals surface area contributed by atoms with Gasteiger partial charge >= 0.3 is 0 Å². The Morgan fingerprint density at radius 1 is 1.26 bits per heavy atom. The molecule has 2 saturated heterocycles. The Morgan fingerprint density at radius 2 is 1.95 bits per heavy atom. The zero-order valence-corrected chi connectivity index (χ0v) is 12.0. The first kappa shape index (κ1) is 14.3. The summed E-state index contributed by atoms with van der Waals surface area (Å²) in [4.78, 5) is 25.9. The second-order valence-electron chi connectivity index (χ2n) is 6.28. The molecule has 2 heterocycles. The maximum Gasteiger partial charge on any atom is 0.241 e. The lowest BCUT2D eigenvalue weighted by Crippen LogP contribution is -2.56. The van der Waals surface area contributed by atoms with Crippen molar-refractivity contribution in [3.05, 3.63) is 0 Å². The van der Waals surface area contributed by atoms with Gasteiger partial charge < -0.3 is 15.5 Å². The summed E-state index contributed by atoms with van der Waals surface area (Å²) in [6, 6.07) is -0.187. The maximum absolute atomic E-state index is 12.2. The molecule has 0 spiro atoms. The van der Waals surface area contributed by atoms with Crippen molar-refractivity contribution in [2.24, 2.45) is 5.41 Å². The minimum Gasteiger partial charge on any atom is -0.346 e. The molecule has 2 aliphatic rings. The largest absolute Gasteiger partial charge is 0.346 e. The van der Waals surface area contributed by atoms with Gasteiger partial charge in [0.1, 0.15) is 0 Å². The van der Waals surface area contributed by atoms with Gasteiger partial charge in [0.2, 0.25) is 11.8 Å². The van der Waals surface area contributed by atoms with Gasteiger partial charge in [-0.15, -0.1) is 0 Å². The van der Waals surface area contributed by atoms with Gasteiger partial charge in [0.15, 0.2) is 0 Å². The molecule has 0 aromatic carbocycles. The topological polar surface area (TPSA) is 61.4 Å². The molecular weight excluding hydrogens is 242 g/mol. The molecule has 5 heteroatoms. The van der Waals surface area contributed by atoms with Crippen molar-refractivity contribution < 1.29 is 9.59 Å². The molecule has 0 bridgehead atoms. The Balaban J connectivity index is 1.81. The molecule has 5 nitrogen and oxygen atoms in total. The van der Waals surface area contributed by atoms with Gasteiger partial charge in [-0.1, -0.05) is 13.8 Å². The Kier molecular flexibility index (Phi) is 4.45. The number of nitrogens with one attached hydrogen (secondary N) is 2. The second-order valence-corrected chi connectivity index (χ2v) is 6.28. The van der Waals surface area contributed by atoms with E-state index in [1.54, 1.807) is 0 Å². The van der Waals surface area contributed by atoms with Crippen LogP contribution in [0.25, 0.3) is 0 Å². The summed E-state index contributed by atoms with van der Waals surface area (Å²) in [5.74, 6) is -0.00304. The highest BCUT2D eigenvalue weighted by Gasteiger charge is 2.37. The molecule has 2 fully saturated rings.